The molecule has 0 spiro atoms. The van der Waals surface area contributed by atoms with E-state index in [2.05, 4.69) is 47.8 Å². The Bertz CT molecular complexity index is 1180. The lowest BCUT2D eigenvalue weighted by Crippen LogP contribution is -2.22. The Hall–Kier alpha value is -1.50. The molecule has 0 bridgehead atoms. The van der Waals surface area contributed by atoms with Crippen LogP contribution in [-0.2, 0) is 0 Å². The summed E-state index contributed by atoms with van der Waals surface area (Å²) in [7, 11) is 0. The lowest BCUT2D eigenvalue weighted by molar-refractivity contribution is 1.18. The van der Waals surface area contributed by atoms with Crippen molar-refractivity contribution in [1.82, 2.24) is 9.38 Å². The predicted octanol–water partition coefficient (Wildman–Crippen LogP) is 4.21. The van der Waals surface area contributed by atoms with Crippen LogP contribution in [0.1, 0.15) is 21.6 Å². The number of benzene rings is 1. The maximum atomic E-state index is 12.8. The van der Waals surface area contributed by atoms with Crippen LogP contribution in [0.4, 0.5) is 0 Å². The third-order valence-corrected chi connectivity index (χ3v) is 7.05. The van der Waals surface area contributed by atoms with E-state index < -0.39 is 0 Å². The molecule has 116 valence electrons. The number of imidazole rings is 1. The summed E-state index contributed by atoms with van der Waals surface area (Å²) in [6, 6.07) is 4.11. The van der Waals surface area contributed by atoms with E-state index in [4.69, 9.17) is 0 Å². The monoisotopic (exact) mass is 404 g/mol. The van der Waals surface area contributed by atoms with Crippen LogP contribution in [-0.4, -0.2) is 9.38 Å². The molecule has 0 saturated carbocycles. The van der Waals surface area contributed by atoms with E-state index in [9.17, 15) is 4.79 Å². The van der Waals surface area contributed by atoms with Crippen molar-refractivity contribution >= 4 is 60.7 Å². The highest BCUT2D eigenvalue weighted by molar-refractivity contribution is 9.10. The van der Waals surface area contributed by atoms with Crippen LogP contribution < -0.4 is 10.1 Å². The Labute approximate surface area is 149 Å². The van der Waals surface area contributed by atoms with Crippen molar-refractivity contribution < 1.29 is 0 Å². The zero-order valence-electron chi connectivity index (χ0n) is 12.8. The fraction of sp³-hybridized carbons (Fsp3) is 0.176. The van der Waals surface area contributed by atoms with E-state index in [1.54, 1.807) is 15.7 Å². The topological polar surface area (TPSA) is 34.4 Å². The second kappa shape index (κ2) is 5.26. The van der Waals surface area contributed by atoms with Crippen LogP contribution in [0.15, 0.2) is 26.8 Å². The lowest BCUT2D eigenvalue weighted by Gasteiger charge is -2.03. The van der Waals surface area contributed by atoms with Gasteiger partial charge in [-0.3, -0.25) is 4.79 Å². The first-order chi connectivity index (χ1) is 11.0. The summed E-state index contributed by atoms with van der Waals surface area (Å²) < 4.78 is 3.43. The van der Waals surface area contributed by atoms with E-state index in [1.807, 2.05) is 17.5 Å². The van der Waals surface area contributed by atoms with Gasteiger partial charge in [-0.05, 0) is 77.0 Å². The predicted molar refractivity (Wildman–Crippen MR) is 102 cm³/mol. The van der Waals surface area contributed by atoms with Gasteiger partial charge in [0, 0.05) is 9.35 Å². The van der Waals surface area contributed by atoms with Crippen LogP contribution in [0.25, 0.3) is 22.1 Å². The van der Waals surface area contributed by atoms with Gasteiger partial charge in [-0.15, -0.1) is 11.3 Å². The minimum absolute atomic E-state index is 0.00968. The molecule has 1 aromatic carbocycles. The molecule has 4 aromatic rings. The molecule has 4 rings (SSSR count). The maximum Gasteiger partial charge on any atom is 0.274 e. The Morgan fingerprint density at radius 2 is 2.04 bits per heavy atom. The molecule has 3 aromatic heterocycles. The molecule has 23 heavy (non-hydrogen) atoms. The van der Waals surface area contributed by atoms with Crippen LogP contribution in [0, 0.1) is 20.8 Å². The van der Waals surface area contributed by atoms with E-state index in [0.717, 1.165) is 41.0 Å². The van der Waals surface area contributed by atoms with Gasteiger partial charge in [-0.2, -0.15) is 0 Å². The first kappa shape index (κ1) is 15.1. The number of halogens is 1. The number of hydrogen-bond acceptors (Lipinski definition) is 4. The van der Waals surface area contributed by atoms with Gasteiger partial charge < -0.3 is 0 Å². The highest BCUT2D eigenvalue weighted by atomic mass is 79.9. The molecule has 6 heteroatoms. The van der Waals surface area contributed by atoms with Gasteiger partial charge in [0.15, 0.2) is 4.96 Å². The Morgan fingerprint density at radius 3 is 2.74 bits per heavy atom. The van der Waals surface area contributed by atoms with Gasteiger partial charge in [-0.1, -0.05) is 11.3 Å². The first-order valence-corrected chi connectivity index (χ1v) is 9.63. The molecule has 0 aliphatic rings. The van der Waals surface area contributed by atoms with Crippen molar-refractivity contribution in [2.45, 2.75) is 20.8 Å². The number of thiophene rings is 1. The molecular formula is C17H13BrN2OS2. The van der Waals surface area contributed by atoms with E-state index in [1.165, 1.54) is 16.9 Å². The van der Waals surface area contributed by atoms with E-state index in [0.29, 0.717) is 0 Å². The van der Waals surface area contributed by atoms with Crippen molar-refractivity contribution in [1.29, 1.82) is 0 Å². The van der Waals surface area contributed by atoms with Crippen molar-refractivity contribution in [2.24, 2.45) is 0 Å². The summed E-state index contributed by atoms with van der Waals surface area (Å²) in [6.07, 6.45) is 1.98. The molecule has 0 radical (unpaired) electrons. The fourth-order valence-corrected chi connectivity index (χ4v) is 5.13. The molecule has 0 fully saturated rings. The molecule has 0 aliphatic carbocycles. The second-order valence-corrected chi connectivity index (χ2v) is 8.36. The molecule has 3 nitrogen and oxygen atoms in total. The number of nitrogens with zero attached hydrogens (tertiary/aromatic N) is 2. The van der Waals surface area contributed by atoms with Crippen molar-refractivity contribution in [3.63, 3.8) is 0 Å². The molecule has 0 unspecified atom stereocenters. The maximum absolute atomic E-state index is 12.8. The zero-order valence-corrected chi connectivity index (χ0v) is 16.0. The number of fused-ring (bicyclic) bond motifs is 3. The van der Waals surface area contributed by atoms with Gasteiger partial charge in [0.25, 0.3) is 5.56 Å². The molecular weight excluding hydrogens is 392 g/mol. The summed E-state index contributed by atoms with van der Waals surface area (Å²) >= 11 is 6.71. The van der Waals surface area contributed by atoms with Crippen molar-refractivity contribution in [2.75, 3.05) is 0 Å². The van der Waals surface area contributed by atoms with Crippen LogP contribution in [0.5, 0.6) is 0 Å². The minimum atomic E-state index is 0.00968. The van der Waals surface area contributed by atoms with Gasteiger partial charge in [-0.25, -0.2) is 9.38 Å². The Morgan fingerprint density at radius 1 is 1.26 bits per heavy atom. The Balaban J connectivity index is 2.10. The highest BCUT2D eigenvalue weighted by Crippen LogP contribution is 2.30. The van der Waals surface area contributed by atoms with Gasteiger partial charge in [0.2, 0.25) is 0 Å². The van der Waals surface area contributed by atoms with E-state index in [-0.39, 0.29) is 5.56 Å². The van der Waals surface area contributed by atoms with Crippen molar-refractivity contribution in [3.05, 3.63) is 58.4 Å². The first-order valence-electron chi connectivity index (χ1n) is 7.14. The average Bonchev–Trinajstić information content (AvgIpc) is 3.16. The van der Waals surface area contributed by atoms with Gasteiger partial charge in [0.05, 0.1) is 10.0 Å². The van der Waals surface area contributed by atoms with Gasteiger partial charge in [0.1, 0.15) is 5.52 Å². The fourth-order valence-electron chi connectivity index (χ4n) is 2.63. The van der Waals surface area contributed by atoms with Gasteiger partial charge >= 0.3 is 0 Å². The second-order valence-electron chi connectivity index (χ2n) is 5.61. The Kier molecular flexibility index (Phi) is 3.44. The molecule has 0 amide bonds. The van der Waals surface area contributed by atoms with Crippen LogP contribution in [0.2, 0.25) is 0 Å². The summed E-state index contributed by atoms with van der Waals surface area (Å²) in [5, 5.41) is 2.04. The average molecular weight is 405 g/mol. The third-order valence-electron chi connectivity index (χ3n) is 4.14. The molecule has 0 atom stereocenters. The molecule has 3 heterocycles. The minimum Gasteiger partial charge on any atom is -0.267 e. The zero-order chi connectivity index (χ0) is 16.3. The summed E-state index contributed by atoms with van der Waals surface area (Å²) in [6.45, 7) is 6.17. The standard InChI is InChI=1S/C17H13BrN2OS2/c1-8-4-5-22-12(8)7-13-16(21)20-11-6-9(2)10(3)14(18)15(11)19-17(20)23-13/h4-7H,1-3H3/b13-7-. The number of rotatable bonds is 1. The van der Waals surface area contributed by atoms with E-state index >= 15 is 0 Å². The quantitative estimate of drug-likeness (QED) is 0.476. The largest absolute Gasteiger partial charge is 0.274 e. The van der Waals surface area contributed by atoms with Crippen molar-refractivity contribution in [3.8, 4) is 0 Å². The highest BCUT2D eigenvalue weighted by Gasteiger charge is 2.16. The number of thiazole rings is 1. The summed E-state index contributed by atoms with van der Waals surface area (Å²) in [5.74, 6) is 0. The number of aryl methyl sites for hydroxylation is 2. The lowest BCUT2D eigenvalue weighted by atomic mass is 10.1. The van der Waals surface area contributed by atoms with Crippen LogP contribution >= 0.6 is 38.6 Å². The number of hydrogen-bond donors (Lipinski definition) is 0. The third kappa shape index (κ3) is 2.20. The number of aromatic nitrogens is 2. The summed E-state index contributed by atoms with van der Waals surface area (Å²) in [4.78, 5) is 19.4. The van der Waals surface area contributed by atoms with Crippen LogP contribution in [0.3, 0.4) is 0 Å². The normalized spacial score (nSPS) is 12.8. The smallest absolute Gasteiger partial charge is 0.267 e. The molecule has 0 aliphatic heterocycles. The summed E-state index contributed by atoms with van der Waals surface area (Å²) in [5.41, 5.74) is 5.25. The molecule has 0 saturated heterocycles. The SMILES string of the molecule is Cc1ccsc1/C=c1\sc2nc3c(Br)c(C)c(C)cc3n2c1=O. The molecule has 0 N–H and O–H groups in total.